The maximum Gasteiger partial charge on any atom is 0.435 e. The van der Waals surface area contributed by atoms with Gasteiger partial charge in [-0.25, -0.2) is 4.79 Å². The third kappa shape index (κ3) is 6.74. The summed E-state index contributed by atoms with van der Waals surface area (Å²) in [5.41, 5.74) is 1.37. The molecule has 10 nitrogen and oxygen atoms in total. The van der Waals surface area contributed by atoms with Crippen molar-refractivity contribution in [1.82, 2.24) is 9.78 Å². The first-order valence-corrected chi connectivity index (χ1v) is 16.6. The molecule has 0 fully saturated rings. The molecular formula is C40H41N5O5. The van der Waals surface area contributed by atoms with Gasteiger partial charge in [-0.15, -0.1) is 0 Å². The van der Waals surface area contributed by atoms with E-state index in [1.807, 2.05) is 69.3 Å². The van der Waals surface area contributed by atoms with Crippen LogP contribution in [0, 0.1) is 5.92 Å². The molecule has 5 aromatic rings. The Morgan fingerprint density at radius 3 is 2.08 bits per heavy atom. The molecule has 4 aromatic carbocycles. The number of nitrogens with one attached hydrogen (secondary N) is 1. The Hall–Kier alpha value is -5.77. The van der Waals surface area contributed by atoms with Crippen molar-refractivity contribution in [3.8, 4) is 0 Å². The predicted octanol–water partition coefficient (Wildman–Crippen LogP) is 8.06. The molecule has 1 N–H and O–H groups in total. The molecule has 3 amide bonds. The minimum absolute atomic E-state index is 0.259. The Labute approximate surface area is 291 Å². The average molecular weight is 672 g/mol. The van der Waals surface area contributed by atoms with Gasteiger partial charge in [-0.1, -0.05) is 66.7 Å². The van der Waals surface area contributed by atoms with E-state index in [9.17, 15) is 14.4 Å². The number of aromatic nitrogens is 2. The third-order valence-electron chi connectivity index (χ3n) is 8.45. The number of ether oxygens (including phenoxy) is 1. The Kier molecular flexibility index (Phi) is 9.05. The summed E-state index contributed by atoms with van der Waals surface area (Å²) in [5, 5.41) is 8.26. The highest BCUT2D eigenvalue weighted by Crippen LogP contribution is 2.43. The number of amides is 3. The fourth-order valence-corrected chi connectivity index (χ4v) is 6.50. The van der Waals surface area contributed by atoms with E-state index in [0.29, 0.717) is 33.7 Å². The van der Waals surface area contributed by atoms with E-state index in [4.69, 9.17) is 9.84 Å². The summed E-state index contributed by atoms with van der Waals surface area (Å²) in [6, 6.07) is 32.5. The zero-order chi connectivity index (χ0) is 35.8. The average Bonchev–Trinajstić information content (AvgIpc) is 3.40. The third-order valence-corrected chi connectivity index (χ3v) is 8.45. The number of fused-ring (bicyclic) bond motifs is 2. The zero-order valence-electron chi connectivity index (χ0n) is 29.1. The first-order valence-electron chi connectivity index (χ1n) is 16.6. The molecular weight excluding hydrogens is 630 g/mol. The van der Waals surface area contributed by atoms with Crippen LogP contribution in [-0.4, -0.2) is 44.7 Å². The molecule has 2 heterocycles. The molecule has 256 valence electrons. The molecule has 0 spiro atoms. The Bertz CT molecular complexity index is 2060. The zero-order valence-corrected chi connectivity index (χ0v) is 29.1. The van der Waals surface area contributed by atoms with E-state index in [1.165, 1.54) is 4.90 Å². The number of rotatable bonds is 6. The normalized spacial score (nSPS) is 15.6. The van der Waals surface area contributed by atoms with Crippen LogP contribution >= 0.6 is 0 Å². The van der Waals surface area contributed by atoms with Gasteiger partial charge in [0.15, 0.2) is 0 Å². The molecule has 1 aliphatic rings. The maximum absolute atomic E-state index is 15.0. The number of carbonyl (C=O) groups is 4. The number of para-hydroxylation sites is 5. The number of hydrogen-bond donors (Lipinski definition) is 1. The topological polar surface area (TPSA) is 114 Å². The fourth-order valence-electron chi connectivity index (χ4n) is 6.50. The minimum Gasteiger partial charge on any atom is -0.442 e. The van der Waals surface area contributed by atoms with Crippen molar-refractivity contribution < 1.29 is 23.9 Å². The highest BCUT2D eigenvalue weighted by Gasteiger charge is 2.46. The Morgan fingerprint density at radius 1 is 0.820 bits per heavy atom. The van der Waals surface area contributed by atoms with Gasteiger partial charge in [0.05, 0.1) is 22.6 Å². The standard InChI is InChI=1S/C40H41N5O5/c1-39(2,3)44(27-19-11-8-12-20-27)33(46)25-29(35-28-21-13-15-23-31(28)45(42-35)38(49)50-40(4,5)6)34-36(47)41-30-22-14-16-24-32(30)43(37(34)48)26-17-9-7-10-18-26/h7-24,29,34H,25H2,1-6H3,(H,41,47). The quantitative estimate of drug-likeness (QED) is 0.183. The molecule has 50 heavy (non-hydrogen) atoms. The smallest absolute Gasteiger partial charge is 0.435 e. The van der Waals surface area contributed by atoms with Crippen LogP contribution in [0.2, 0.25) is 0 Å². The second-order valence-electron chi connectivity index (χ2n) is 14.3. The lowest BCUT2D eigenvalue weighted by molar-refractivity contribution is -0.131. The van der Waals surface area contributed by atoms with E-state index in [2.05, 4.69) is 5.32 Å². The molecule has 1 aromatic heterocycles. The molecule has 2 unspecified atom stereocenters. The van der Waals surface area contributed by atoms with Crippen LogP contribution in [0.15, 0.2) is 109 Å². The summed E-state index contributed by atoms with van der Waals surface area (Å²) in [7, 11) is 0. The number of anilines is 4. The van der Waals surface area contributed by atoms with Gasteiger partial charge in [0.1, 0.15) is 11.5 Å². The Morgan fingerprint density at radius 2 is 1.42 bits per heavy atom. The van der Waals surface area contributed by atoms with Crippen LogP contribution in [0.4, 0.5) is 27.5 Å². The molecule has 0 radical (unpaired) electrons. The number of hydrogen-bond acceptors (Lipinski definition) is 6. The Balaban J connectivity index is 1.56. The van der Waals surface area contributed by atoms with E-state index in [1.54, 1.807) is 86.3 Å². The summed E-state index contributed by atoms with van der Waals surface area (Å²) >= 11 is 0. The van der Waals surface area contributed by atoms with Crippen LogP contribution in [0.5, 0.6) is 0 Å². The van der Waals surface area contributed by atoms with Gasteiger partial charge in [-0.05, 0) is 84.0 Å². The molecule has 10 heteroatoms. The van der Waals surface area contributed by atoms with Gasteiger partial charge in [-0.3, -0.25) is 19.3 Å². The number of nitrogens with zero attached hydrogens (tertiary/aromatic N) is 4. The van der Waals surface area contributed by atoms with E-state index in [-0.39, 0.29) is 18.0 Å². The second-order valence-corrected chi connectivity index (χ2v) is 14.3. The van der Waals surface area contributed by atoms with Crippen LogP contribution in [0.25, 0.3) is 10.9 Å². The van der Waals surface area contributed by atoms with Crippen LogP contribution in [0.3, 0.4) is 0 Å². The van der Waals surface area contributed by atoms with Gasteiger partial charge in [0, 0.05) is 34.6 Å². The van der Waals surface area contributed by atoms with Crippen molar-refractivity contribution in [3.05, 3.63) is 115 Å². The van der Waals surface area contributed by atoms with Crippen molar-refractivity contribution in [3.63, 3.8) is 0 Å². The SMILES string of the molecule is CC(C)(C)OC(=O)n1nc(C(CC(=O)N(c2ccccc2)C(C)(C)C)C2C(=O)Nc3ccccc3N(c3ccccc3)C2=O)c2ccccc21. The number of carbonyl (C=O) groups excluding carboxylic acids is 4. The van der Waals surface area contributed by atoms with Crippen molar-refractivity contribution in [2.24, 2.45) is 5.92 Å². The van der Waals surface area contributed by atoms with Gasteiger partial charge in [0.2, 0.25) is 17.7 Å². The summed E-state index contributed by atoms with van der Waals surface area (Å²) in [6.45, 7) is 11.1. The lowest BCUT2D eigenvalue weighted by Gasteiger charge is -2.37. The van der Waals surface area contributed by atoms with Gasteiger partial charge < -0.3 is 15.0 Å². The summed E-state index contributed by atoms with van der Waals surface area (Å²) in [4.78, 5) is 60.9. The molecule has 1 aliphatic heterocycles. The summed E-state index contributed by atoms with van der Waals surface area (Å²) < 4.78 is 6.85. The first kappa shape index (κ1) is 34.1. The lowest BCUT2D eigenvalue weighted by atomic mass is 9.82. The largest absolute Gasteiger partial charge is 0.442 e. The molecule has 6 rings (SSSR count). The summed E-state index contributed by atoms with van der Waals surface area (Å²) in [6.07, 6.45) is -0.995. The van der Waals surface area contributed by atoms with E-state index < -0.39 is 40.9 Å². The first-order chi connectivity index (χ1) is 23.7. The fraction of sp³-hybridized carbons (Fsp3) is 0.275. The van der Waals surface area contributed by atoms with Crippen LogP contribution in [-0.2, 0) is 19.1 Å². The molecule has 0 bridgehead atoms. The van der Waals surface area contributed by atoms with Crippen molar-refractivity contribution in [2.75, 3.05) is 15.1 Å². The van der Waals surface area contributed by atoms with Crippen molar-refractivity contribution in [1.29, 1.82) is 0 Å². The van der Waals surface area contributed by atoms with Crippen LogP contribution < -0.4 is 15.1 Å². The van der Waals surface area contributed by atoms with Crippen molar-refractivity contribution >= 4 is 57.5 Å². The second kappa shape index (κ2) is 13.3. The highest BCUT2D eigenvalue weighted by atomic mass is 16.6. The van der Waals surface area contributed by atoms with Gasteiger partial charge in [0.25, 0.3) is 0 Å². The van der Waals surface area contributed by atoms with Gasteiger partial charge in [-0.2, -0.15) is 9.78 Å². The van der Waals surface area contributed by atoms with Gasteiger partial charge >= 0.3 is 6.09 Å². The molecule has 0 saturated carbocycles. The molecule has 0 saturated heterocycles. The monoisotopic (exact) mass is 671 g/mol. The predicted molar refractivity (Wildman–Crippen MR) is 195 cm³/mol. The molecule has 0 aliphatic carbocycles. The highest BCUT2D eigenvalue weighted by molar-refractivity contribution is 6.20. The van der Waals surface area contributed by atoms with Crippen molar-refractivity contribution in [2.45, 2.75) is 65.0 Å². The maximum atomic E-state index is 15.0. The van der Waals surface area contributed by atoms with E-state index >= 15 is 4.79 Å². The van der Waals surface area contributed by atoms with Crippen LogP contribution in [0.1, 0.15) is 59.6 Å². The molecule has 2 atom stereocenters. The summed E-state index contributed by atoms with van der Waals surface area (Å²) in [5.74, 6) is -3.96. The van der Waals surface area contributed by atoms with E-state index in [0.717, 1.165) is 4.68 Å². The number of benzene rings is 4. The lowest BCUT2D eigenvalue weighted by Crippen LogP contribution is -2.48. The minimum atomic E-state index is -1.42.